The van der Waals surface area contributed by atoms with Crippen molar-refractivity contribution < 1.29 is 9.18 Å². The van der Waals surface area contributed by atoms with E-state index in [4.69, 9.17) is 11.6 Å². The van der Waals surface area contributed by atoms with E-state index in [1.807, 2.05) is 22.7 Å². The van der Waals surface area contributed by atoms with Gasteiger partial charge in [-0.05, 0) is 42.7 Å². The molecule has 1 aliphatic rings. The maximum Gasteiger partial charge on any atom is 0.255 e. The number of rotatable bonds is 2. The fraction of sp³-hybridized carbons (Fsp3) is 0.316. The first-order valence-electron chi connectivity index (χ1n) is 7.97. The van der Waals surface area contributed by atoms with Crippen molar-refractivity contribution in [3.8, 4) is 0 Å². The van der Waals surface area contributed by atoms with Crippen molar-refractivity contribution in [2.24, 2.45) is 0 Å². The summed E-state index contributed by atoms with van der Waals surface area (Å²) < 4.78 is 13.2. The Hall–Kier alpha value is -1.52. The molecule has 24 heavy (non-hydrogen) atoms. The number of halogens is 2. The molecule has 1 aliphatic heterocycles. The van der Waals surface area contributed by atoms with Crippen molar-refractivity contribution in [1.82, 2.24) is 4.90 Å². The van der Waals surface area contributed by atoms with Crippen LogP contribution >= 0.6 is 23.4 Å². The number of benzene rings is 2. The van der Waals surface area contributed by atoms with Gasteiger partial charge in [0.2, 0.25) is 0 Å². The van der Waals surface area contributed by atoms with Crippen molar-refractivity contribution >= 4 is 29.3 Å². The van der Waals surface area contributed by atoms with Crippen LogP contribution in [0.2, 0.25) is 5.02 Å². The van der Waals surface area contributed by atoms with Crippen LogP contribution in [0.4, 0.5) is 4.39 Å². The third-order valence-electron chi connectivity index (χ3n) is 4.33. The lowest BCUT2D eigenvalue weighted by molar-refractivity contribution is 0.0766. The quantitative estimate of drug-likeness (QED) is 0.739. The maximum absolute atomic E-state index is 13.2. The Kier molecular flexibility index (Phi) is 5.47. The smallest absolute Gasteiger partial charge is 0.255 e. The van der Waals surface area contributed by atoms with Crippen LogP contribution in [0, 0.1) is 12.7 Å². The summed E-state index contributed by atoms with van der Waals surface area (Å²) in [6, 6.07) is 12.3. The Morgan fingerprint density at radius 1 is 1.25 bits per heavy atom. The van der Waals surface area contributed by atoms with Gasteiger partial charge in [0.25, 0.3) is 5.91 Å². The van der Waals surface area contributed by atoms with E-state index in [9.17, 15) is 9.18 Å². The van der Waals surface area contributed by atoms with Crippen molar-refractivity contribution in [1.29, 1.82) is 0 Å². The molecular weight excluding hydrogens is 345 g/mol. The summed E-state index contributed by atoms with van der Waals surface area (Å²) in [6.45, 7) is 3.49. The highest BCUT2D eigenvalue weighted by atomic mass is 35.5. The molecule has 1 heterocycles. The second-order valence-electron chi connectivity index (χ2n) is 5.92. The molecule has 0 N–H and O–H groups in total. The van der Waals surface area contributed by atoms with Gasteiger partial charge in [0, 0.05) is 24.1 Å². The highest BCUT2D eigenvalue weighted by Crippen LogP contribution is 2.36. The first kappa shape index (κ1) is 17.3. The highest BCUT2D eigenvalue weighted by molar-refractivity contribution is 7.99. The Morgan fingerprint density at radius 2 is 2.04 bits per heavy atom. The van der Waals surface area contributed by atoms with Crippen LogP contribution in [0.5, 0.6) is 0 Å². The second-order valence-corrected chi connectivity index (χ2v) is 7.64. The van der Waals surface area contributed by atoms with Crippen LogP contribution < -0.4 is 0 Å². The topological polar surface area (TPSA) is 20.3 Å². The molecule has 0 saturated carbocycles. The molecule has 0 aromatic heterocycles. The minimum Gasteiger partial charge on any atom is -0.338 e. The first-order valence-corrected chi connectivity index (χ1v) is 9.40. The maximum atomic E-state index is 13.2. The average Bonchev–Trinajstić information content (AvgIpc) is 2.81. The van der Waals surface area contributed by atoms with Gasteiger partial charge in [-0.15, -0.1) is 0 Å². The summed E-state index contributed by atoms with van der Waals surface area (Å²) in [6.07, 6.45) is 0.903. The van der Waals surface area contributed by atoms with Crippen molar-refractivity contribution in [2.45, 2.75) is 18.6 Å². The summed E-state index contributed by atoms with van der Waals surface area (Å²) in [5.74, 6) is 0.331. The zero-order chi connectivity index (χ0) is 17.1. The summed E-state index contributed by atoms with van der Waals surface area (Å²) in [5, 5.41) is 0.569. The Bertz CT molecular complexity index is 752. The lowest BCUT2D eigenvalue weighted by Crippen LogP contribution is -2.33. The molecule has 3 rings (SSSR count). The first-order chi connectivity index (χ1) is 11.6. The molecule has 2 aromatic carbocycles. The second kappa shape index (κ2) is 7.58. The molecule has 0 spiro atoms. The summed E-state index contributed by atoms with van der Waals surface area (Å²) in [5.41, 5.74) is 3.00. The molecular formula is C19H19ClFNOS. The number of aryl methyl sites for hydroxylation is 1. The molecule has 5 heteroatoms. The Morgan fingerprint density at radius 3 is 2.79 bits per heavy atom. The van der Waals surface area contributed by atoms with Crippen LogP contribution in [0.25, 0.3) is 0 Å². The summed E-state index contributed by atoms with van der Waals surface area (Å²) >= 11 is 7.92. The van der Waals surface area contributed by atoms with Crippen LogP contribution in [0.1, 0.15) is 33.2 Å². The molecule has 126 valence electrons. The lowest BCUT2D eigenvalue weighted by atomic mass is 10.0. The van der Waals surface area contributed by atoms with E-state index in [2.05, 4.69) is 25.1 Å². The van der Waals surface area contributed by atoms with Gasteiger partial charge in [-0.2, -0.15) is 11.8 Å². The van der Waals surface area contributed by atoms with Crippen LogP contribution in [-0.2, 0) is 0 Å². The van der Waals surface area contributed by atoms with Gasteiger partial charge < -0.3 is 4.90 Å². The number of nitrogens with zero attached hydrogens (tertiary/aromatic N) is 1. The normalized spacial score (nSPS) is 18.3. The molecule has 1 fully saturated rings. The number of carbonyl (C=O) groups is 1. The van der Waals surface area contributed by atoms with Gasteiger partial charge in [0.15, 0.2) is 0 Å². The largest absolute Gasteiger partial charge is 0.338 e. The van der Waals surface area contributed by atoms with Crippen LogP contribution in [-0.4, -0.2) is 29.6 Å². The van der Waals surface area contributed by atoms with Gasteiger partial charge in [-0.1, -0.05) is 35.9 Å². The third-order valence-corrected chi connectivity index (χ3v) is 5.95. The third kappa shape index (κ3) is 3.76. The monoisotopic (exact) mass is 363 g/mol. The number of hydrogen-bond donors (Lipinski definition) is 0. The SMILES string of the molecule is Cc1ccccc1[C@@H]1CCN(C(=O)c2ccc(F)cc2Cl)CCS1. The molecule has 1 atom stereocenters. The van der Waals surface area contributed by atoms with Gasteiger partial charge in [-0.3, -0.25) is 4.79 Å². The molecule has 0 unspecified atom stereocenters. The predicted octanol–water partition coefficient (Wildman–Crippen LogP) is 5.11. The number of thioether (sulfide) groups is 1. The molecule has 0 radical (unpaired) electrons. The van der Waals surface area contributed by atoms with Crippen molar-refractivity contribution in [2.75, 3.05) is 18.8 Å². The predicted molar refractivity (Wildman–Crippen MR) is 98.3 cm³/mol. The molecule has 2 nitrogen and oxygen atoms in total. The average molecular weight is 364 g/mol. The number of amides is 1. The van der Waals surface area contributed by atoms with Crippen molar-refractivity contribution in [3.63, 3.8) is 0 Å². The fourth-order valence-electron chi connectivity index (χ4n) is 3.00. The number of hydrogen-bond acceptors (Lipinski definition) is 2. The zero-order valence-corrected chi connectivity index (χ0v) is 15.0. The van der Waals surface area contributed by atoms with Gasteiger partial charge in [-0.25, -0.2) is 4.39 Å². The summed E-state index contributed by atoms with van der Waals surface area (Å²) in [7, 11) is 0. The Labute approximate surface area is 151 Å². The fourth-order valence-corrected chi connectivity index (χ4v) is 4.58. The van der Waals surface area contributed by atoms with Gasteiger partial charge in [0.1, 0.15) is 5.82 Å². The van der Waals surface area contributed by atoms with Crippen molar-refractivity contribution in [3.05, 3.63) is 70.0 Å². The minimum absolute atomic E-state index is 0.119. The summed E-state index contributed by atoms with van der Waals surface area (Å²) in [4.78, 5) is 14.5. The minimum atomic E-state index is -0.428. The Balaban J connectivity index is 1.73. The number of carbonyl (C=O) groups excluding carboxylic acids is 1. The zero-order valence-electron chi connectivity index (χ0n) is 13.5. The van der Waals surface area contributed by atoms with Gasteiger partial charge >= 0.3 is 0 Å². The molecule has 2 aromatic rings. The molecule has 1 amide bonds. The molecule has 0 bridgehead atoms. The van der Waals surface area contributed by atoms with E-state index in [-0.39, 0.29) is 10.9 Å². The van der Waals surface area contributed by atoms with E-state index in [0.29, 0.717) is 23.9 Å². The van der Waals surface area contributed by atoms with E-state index < -0.39 is 5.82 Å². The van der Waals surface area contributed by atoms with Gasteiger partial charge in [0.05, 0.1) is 10.6 Å². The van der Waals surface area contributed by atoms with E-state index >= 15 is 0 Å². The molecule has 1 saturated heterocycles. The molecule has 0 aliphatic carbocycles. The standard InChI is InChI=1S/C19H19ClFNOS/c1-13-4-2-3-5-15(13)18-8-9-22(10-11-24-18)19(23)16-7-6-14(21)12-17(16)20/h2-7,12,18H,8-11H2,1H3/t18-/m0/s1. The van der Waals surface area contributed by atoms with Crippen LogP contribution in [0.15, 0.2) is 42.5 Å². The van der Waals surface area contributed by atoms with E-state index in [0.717, 1.165) is 12.2 Å². The van der Waals surface area contributed by atoms with Crippen LogP contribution in [0.3, 0.4) is 0 Å². The van der Waals surface area contributed by atoms with E-state index in [1.54, 1.807) is 0 Å². The highest BCUT2D eigenvalue weighted by Gasteiger charge is 2.24. The van der Waals surface area contributed by atoms with E-state index in [1.165, 1.54) is 29.3 Å². The lowest BCUT2D eigenvalue weighted by Gasteiger charge is -2.21.